The molecule has 1 saturated heterocycles. The number of aliphatic hydroxyl groups excluding tert-OH is 1. The molecule has 0 unspecified atom stereocenters. The summed E-state index contributed by atoms with van der Waals surface area (Å²) >= 11 is 0. The highest BCUT2D eigenvalue weighted by atomic mass is 16.3. The van der Waals surface area contributed by atoms with Crippen molar-refractivity contribution in [3.63, 3.8) is 0 Å². The van der Waals surface area contributed by atoms with Gasteiger partial charge in [0.2, 0.25) is 0 Å². The molecule has 2 atom stereocenters. The Morgan fingerprint density at radius 2 is 2.09 bits per heavy atom. The van der Waals surface area contributed by atoms with Gasteiger partial charge in [-0.1, -0.05) is 6.42 Å². The Balaban J connectivity index is 1.59. The van der Waals surface area contributed by atoms with Crippen LogP contribution in [0.1, 0.15) is 26.2 Å². The molecule has 124 valence electrons. The van der Waals surface area contributed by atoms with Crippen LogP contribution in [0.5, 0.6) is 0 Å². The molecular formula is C15H27N5O2. The number of likely N-dealkylation sites (tertiary alicyclic amines) is 1. The van der Waals surface area contributed by atoms with Gasteiger partial charge in [0.15, 0.2) is 0 Å². The predicted molar refractivity (Wildman–Crippen MR) is 84.5 cm³/mol. The number of rotatable bonds is 7. The first kappa shape index (κ1) is 16.8. The van der Waals surface area contributed by atoms with Crippen molar-refractivity contribution in [3.8, 4) is 0 Å². The van der Waals surface area contributed by atoms with Gasteiger partial charge in [0, 0.05) is 38.1 Å². The van der Waals surface area contributed by atoms with Crippen LogP contribution in [0.25, 0.3) is 0 Å². The summed E-state index contributed by atoms with van der Waals surface area (Å²) in [5, 5.41) is 15.6. The first-order valence-corrected chi connectivity index (χ1v) is 8.04. The average Bonchev–Trinajstić information content (AvgIpc) is 2.99. The zero-order chi connectivity index (χ0) is 15.8. The third-order valence-corrected chi connectivity index (χ3v) is 3.84. The third kappa shape index (κ3) is 6.03. The summed E-state index contributed by atoms with van der Waals surface area (Å²) in [6.07, 6.45) is 8.45. The molecule has 0 aromatic carbocycles. The van der Waals surface area contributed by atoms with Crippen LogP contribution in [-0.4, -0.2) is 63.9 Å². The second-order valence-corrected chi connectivity index (χ2v) is 6.03. The molecule has 22 heavy (non-hydrogen) atoms. The Morgan fingerprint density at radius 3 is 2.77 bits per heavy atom. The molecule has 0 spiro atoms. The predicted octanol–water partition coefficient (Wildman–Crippen LogP) is 0.418. The fourth-order valence-corrected chi connectivity index (χ4v) is 2.75. The minimum atomic E-state index is -0.521. The summed E-state index contributed by atoms with van der Waals surface area (Å²) in [6, 6.07) is -0.251. The van der Waals surface area contributed by atoms with E-state index in [1.807, 2.05) is 17.7 Å². The van der Waals surface area contributed by atoms with Crippen LogP contribution in [0.2, 0.25) is 0 Å². The number of nitrogens with zero attached hydrogens (tertiary/aromatic N) is 3. The van der Waals surface area contributed by atoms with Gasteiger partial charge in [0.1, 0.15) is 0 Å². The van der Waals surface area contributed by atoms with Crippen LogP contribution >= 0.6 is 0 Å². The van der Waals surface area contributed by atoms with Crippen molar-refractivity contribution >= 4 is 6.03 Å². The fraction of sp³-hybridized carbons (Fsp3) is 0.733. The Kier molecular flexibility index (Phi) is 6.67. The number of aliphatic hydroxyl groups is 1. The zero-order valence-corrected chi connectivity index (χ0v) is 13.2. The van der Waals surface area contributed by atoms with E-state index in [1.165, 1.54) is 19.3 Å². The average molecular weight is 309 g/mol. The molecule has 0 aliphatic carbocycles. The Bertz CT molecular complexity index is 431. The molecule has 0 radical (unpaired) electrons. The molecule has 3 N–H and O–H groups in total. The number of amides is 2. The van der Waals surface area contributed by atoms with Gasteiger partial charge in [-0.2, -0.15) is 0 Å². The van der Waals surface area contributed by atoms with Crippen molar-refractivity contribution in [1.29, 1.82) is 0 Å². The first-order valence-electron chi connectivity index (χ1n) is 8.04. The maximum absolute atomic E-state index is 11.8. The molecule has 1 aromatic heterocycles. The molecule has 1 aromatic rings. The van der Waals surface area contributed by atoms with Crippen LogP contribution in [-0.2, 0) is 6.54 Å². The van der Waals surface area contributed by atoms with E-state index in [4.69, 9.17) is 0 Å². The summed E-state index contributed by atoms with van der Waals surface area (Å²) in [6.45, 7) is 5.61. The highest BCUT2D eigenvalue weighted by molar-refractivity contribution is 5.74. The molecule has 2 amide bonds. The second-order valence-electron chi connectivity index (χ2n) is 6.03. The lowest BCUT2D eigenvalue weighted by Crippen LogP contribution is -2.47. The number of hydrogen-bond donors (Lipinski definition) is 3. The van der Waals surface area contributed by atoms with Crippen LogP contribution in [0.15, 0.2) is 18.7 Å². The Labute approximate surface area is 131 Å². The lowest BCUT2D eigenvalue weighted by atomic mass is 10.1. The lowest BCUT2D eigenvalue weighted by Gasteiger charge is -2.28. The number of β-amino-alcohol motifs (C(OH)–C–C–N with tert-alkyl or cyclic N) is 1. The minimum Gasteiger partial charge on any atom is -0.390 e. The molecule has 1 aliphatic heterocycles. The van der Waals surface area contributed by atoms with Crippen LogP contribution in [0, 0.1) is 0 Å². The van der Waals surface area contributed by atoms with E-state index in [0.717, 1.165) is 13.1 Å². The largest absolute Gasteiger partial charge is 0.390 e. The normalized spacial score (nSPS) is 18.6. The van der Waals surface area contributed by atoms with Crippen molar-refractivity contribution in [1.82, 2.24) is 25.1 Å². The van der Waals surface area contributed by atoms with E-state index in [-0.39, 0.29) is 18.6 Å². The van der Waals surface area contributed by atoms with Crippen molar-refractivity contribution < 1.29 is 9.90 Å². The second kappa shape index (κ2) is 8.75. The van der Waals surface area contributed by atoms with Crippen molar-refractivity contribution in [2.75, 3.05) is 26.2 Å². The standard InChI is InChI=1S/C15H27N5O2/c1-13(10-20-8-5-16-12-20)18-15(22)17-9-14(21)11-19-6-3-2-4-7-19/h5,8,12-14,21H,2-4,6-7,9-11H2,1H3,(H2,17,18,22)/t13-,14-/m0/s1. The van der Waals surface area contributed by atoms with Crippen molar-refractivity contribution in [2.24, 2.45) is 0 Å². The number of hydrogen-bond acceptors (Lipinski definition) is 4. The number of nitrogens with one attached hydrogen (secondary N) is 2. The summed E-state index contributed by atoms with van der Waals surface area (Å²) in [5.74, 6) is 0. The van der Waals surface area contributed by atoms with Gasteiger partial charge < -0.3 is 25.2 Å². The van der Waals surface area contributed by atoms with E-state index >= 15 is 0 Å². The van der Waals surface area contributed by atoms with Gasteiger partial charge in [-0.3, -0.25) is 0 Å². The monoisotopic (exact) mass is 309 g/mol. The molecular weight excluding hydrogens is 282 g/mol. The number of urea groups is 1. The maximum Gasteiger partial charge on any atom is 0.315 e. The van der Waals surface area contributed by atoms with Crippen molar-refractivity contribution in [2.45, 2.75) is 44.9 Å². The lowest BCUT2D eigenvalue weighted by molar-refractivity contribution is 0.101. The molecule has 2 rings (SSSR count). The van der Waals surface area contributed by atoms with Gasteiger partial charge in [0.05, 0.1) is 12.4 Å². The highest BCUT2D eigenvalue weighted by Gasteiger charge is 2.15. The van der Waals surface area contributed by atoms with Crippen LogP contribution < -0.4 is 10.6 Å². The van der Waals surface area contributed by atoms with E-state index in [2.05, 4.69) is 20.5 Å². The summed E-state index contributed by atoms with van der Waals surface area (Å²) < 4.78 is 1.91. The zero-order valence-electron chi connectivity index (χ0n) is 13.2. The third-order valence-electron chi connectivity index (χ3n) is 3.84. The van der Waals surface area contributed by atoms with Gasteiger partial charge in [0.25, 0.3) is 0 Å². The topological polar surface area (TPSA) is 82.4 Å². The Morgan fingerprint density at radius 1 is 1.32 bits per heavy atom. The smallest absolute Gasteiger partial charge is 0.315 e. The molecule has 7 heteroatoms. The Hall–Kier alpha value is -1.60. The van der Waals surface area contributed by atoms with Crippen LogP contribution in [0.3, 0.4) is 0 Å². The van der Waals surface area contributed by atoms with Crippen molar-refractivity contribution in [3.05, 3.63) is 18.7 Å². The number of aromatic nitrogens is 2. The number of carbonyl (C=O) groups excluding carboxylic acids is 1. The molecule has 0 bridgehead atoms. The molecule has 7 nitrogen and oxygen atoms in total. The summed E-state index contributed by atoms with van der Waals surface area (Å²) in [4.78, 5) is 18.0. The number of piperidine rings is 1. The highest BCUT2D eigenvalue weighted by Crippen LogP contribution is 2.08. The SMILES string of the molecule is C[C@@H](Cn1ccnc1)NC(=O)NC[C@H](O)CN1CCCCC1. The molecule has 1 aliphatic rings. The van der Waals surface area contributed by atoms with Gasteiger partial charge >= 0.3 is 6.03 Å². The summed E-state index contributed by atoms with van der Waals surface area (Å²) in [7, 11) is 0. The molecule has 2 heterocycles. The van der Waals surface area contributed by atoms with E-state index in [0.29, 0.717) is 13.1 Å². The maximum atomic E-state index is 11.8. The minimum absolute atomic E-state index is 0.00608. The molecule has 1 fully saturated rings. The van der Waals surface area contributed by atoms with Gasteiger partial charge in [-0.05, 0) is 32.9 Å². The quantitative estimate of drug-likeness (QED) is 0.682. The van der Waals surface area contributed by atoms with E-state index in [9.17, 15) is 9.90 Å². The first-order chi connectivity index (χ1) is 10.6. The number of imidazole rings is 1. The number of carbonyl (C=O) groups is 1. The fourth-order valence-electron chi connectivity index (χ4n) is 2.75. The van der Waals surface area contributed by atoms with E-state index in [1.54, 1.807) is 12.5 Å². The van der Waals surface area contributed by atoms with Crippen LogP contribution in [0.4, 0.5) is 4.79 Å². The van der Waals surface area contributed by atoms with E-state index < -0.39 is 6.10 Å². The van der Waals surface area contributed by atoms with Gasteiger partial charge in [-0.25, -0.2) is 9.78 Å². The summed E-state index contributed by atoms with van der Waals surface area (Å²) in [5.41, 5.74) is 0. The molecule has 0 saturated carbocycles. The van der Waals surface area contributed by atoms with Gasteiger partial charge in [-0.15, -0.1) is 0 Å².